The number of aromatic nitrogens is 2. The van der Waals surface area contributed by atoms with Crippen LogP contribution >= 0.6 is 22.6 Å². The van der Waals surface area contributed by atoms with Crippen LogP contribution in [0.5, 0.6) is 0 Å². The Morgan fingerprint density at radius 3 is 2.87 bits per heavy atom. The van der Waals surface area contributed by atoms with Crippen molar-refractivity contribution in [1.82, 2.24) is 9.97 Å². The van der Waals surface area contributed by atoms with E-state index in [0.717, 1.165) is 28.1 Å². The summed E-state index contributed by atoms with van der Waals surface area (Å²) in [5.74, 6) is 1.61. The first-order valence-corrected chi connectivity index (χ1v) is 6.03. The minimum Gasteiger partial charge on any atom is -0.373 e. The standard InChI is InChI=1S/C10H16IN3O/c1-4-5-8(15-3)10-13-6-7(11)9(12-2)14-10/h6,8H,4-5H2,1-3H3,(H,12,13,14). The molecule has 0 saturated carbocycles. The van der Waals surface area contributed by atoms with Crippen LogP contribution in [0.15, 0.2) is 6.20 Å². The van der Waals surface area contributed by atoms with Gasteiger partial charge in [-0.2, -0.15) is 0 Å². The second-order valence-electron chi connectivity index (χ2n) is 3.19. The molecule has 4 nitrogen and oxygen atoms in total. The summed E-state index contributed by atoms with van der Waals surface area (Å²) in [6, 6.07) is 0. The number of hydrogen-bond acceptors (Lipinski definition) is 4. The van der Waals surface area contributed by atoms with Gasteiger partial charge in [-0.15, -0.1) is 0 Å². The van der Waals surface area contributed by atoms with Crippen LogP contribution in [0.1, 0.15) is 31.7 Å². The zero-order valence-corrected chi connectivity index (χ0v) is 11.4. The molecule has 1 aromatic heterocycles. The van der Waals surface area contributed by atoms with Crippen molar-refractivity contribution in [1.29, 1.82) is 0 Å². The average Bonchev–Trinajstić information content (AvgIpc) is 2.27. The average molecular weight is 321 g/mol. The molecule has 0 fully saturated rings. The Balaban J connectivity index is 2.92. The van der Waals surface area contributed by atoms with Crippen molar-refractivity contribution in [2.24, 2.45) is 0 Å². The fraction of sp³-hybridized carbons (Fsp3) is 0.600. The monoisotopic (exact) mass is 321 g/mol. The summed E-state index contributed by atoms with van der Waals surface area (Å²) in [6.45, 7) is 2.12. The van der Waals surface area contributed by atoms with E-state index >= 15 is 0 Å². The number of hydrogen-bond donors (Lipinski definition) is 1. The lowest BCUT2D eigenvalue weighted by Gasteiger charge is -2.14. The van der Waals surface area contributed by atoms with Gasteiger partial charge >= 0.3 is 0 Å². The lowest BCUT2D eigenvalue weighted by atomic mass is 10.2. The van der Waals surface area contributed by atoms with Gasteiger partial charge in [-0.3, -0.25) is 0 Å². The Labute approximate surface area is 104 Å². The smallest absolute Gasteiger partial charge is 0.159 e. The van der Waals surface area contributed by atoms with Gasteiger partial charge in [0.1, 0.15) is 11.9 Å². The van der Waals surface area contributed by atoms with Crippen molar-refractivity contribution >= 4 is 28.4 Å². The quantitative estimate of drug-likeness (QED) is 0.847. The van der Waals surface area contributed by atoms with Crippen molar-refractivity contribution in [2.45, 2.75) is 25.9 Å². The molecule has 5 heteroatoms. The summed E-state index contributed by atoms with van der Waals surface area (Å²) < 4.78 is 6.38. The molecule has 0 spiro atoms. The second kappa shape index (κ2) is 6.22. The zero-order chi connectivity index (χ0) is 11.3. The van der Waals surface area contributed by atoms with Crippen LogP contribution < -0.4 is 5.32 Å². The summed E-state index contributed by atoms with van der Waals surface area (Å²) in [7, 11) is 3.55. The minimum atomic E-state index is -0.000833. The normalized spacial score (nSPS) is 12.5. The molecule has 1 atom stereocenters. The molecule has 0 aliphatic carbocycles. The molecule has 0 aliphatic rings. The van der Waals surface area contributed by atoms with Crippen LogP contribution in [0.3, 0.4) is 0 Å². The van der Waals surface area contributed by atoms with E-state index in [1.54, 1.807) is 7.11 Å². The number of halogens is 1. The van der Waals surface area contributed by atoms with Gasteiger partial charge in [-0.1, -0.05) is 13.3 Å². The molecule has 1 aromatic rings. The highest BCUT2D eigenvalue weighted by molar-refractivity contribution is 14.1. The van der Waals surface area contributed by atoms with E-state index in [9.17, 15) is 0 Å². The Kier molecular flexibility index (Phi) is 5.24. The molecule has 0 saturated heterocycles. The Morgan fingerprint density at radius 1 is 1.60 bits per heavy atom. The largest absolute Gasteiger partial charge is 0.373 e. The predicted octanol–water partition coefficient (Wildman–Crippen LogP) is 2.61. The SMILES string of the molecule is CCCC(OC)c1ncc(I)c(NC)n1. The second-order valence-corrected chi connectivity index (χ2v) is 4.35. The number of rotatable bonds is 5. The topological polar surface area (TPSA) is 47.0 Å². The van der Waals surface area contributed by atoms with Gasteiger partial charge in [0, 0.05) is 20.4 Å². The van der Waals surface area contributed by atoms with Crippen LogP contribution in [0, 0.1) is 3.57 Å². The Bertz CT molecular complexity index is 320. The highest BCUT2D eigenvalue weighted by Gasteiger charge is 2.14. The number of nitrogens with one attached hydrogen (secondary N) is 1. The highest BCUT2D eigenvalue weighted by Crippen LogP contribution is 2.21. The Morgan fingerprint density at radius 2 is 2.33 bits per heavy atom. The van der Waals surface area contributed by atoms with Crippen molar-refractivity contribution < 1.29 is 4.74 Å². The zero-order valence-electron chi connectivity index (χ0n) is 9.25. The first kappa shape index (κ1) is 12.6. The molecular formula is C10H16IN3O. The van der Waals surface area contributed by atoms with E-state index in [2.05, 4.69) is 44.8 Å². The van der Waals surface area contributed by atoms with Gasteiger partial charge in [0.25, 0.3) is 0 Å². The lowest BCUT2D eigenvalue weighted by Crippen LogP contribution is -2.09. The maximum atomic E-state index is 5.36. The maximum absolute atomic E-state index is 5.36. The minimum absolute atomic E-state index is 0.000833. The molecule has 0 aromatic carbocycles. The molecule has 15 heavy (non-hydrogen) atoms. The van der Waals surface area contributed by atoms with E-state index in [-0.39, 0.29) is 6.10 Å². The number of anilines is 1. The molecule has 0 bridgehead atoms. The van der Waals surface area contributed by atoms with Gasteiger partial charge in [0.2, 0.25) is 0 Å². The number of nitrogens with zero attached hydrogens (tertiary/aromatic N) is 2. The molecule has 1 rings (SSSR count). The predicted molar refractivity (Wildman–Crippen MR) is 69.0 cm³/mol. The summed E-state index contributed by atoms with van der Waals surface area (Å²) in [6.07, 6.45) is 3.82. The molecule has 1 N–H and O–H groups in total. The summed E-state index contributed by atoms with van der Waals surface area (Å²) in [4.78, 5) is 8.72. The van der Waals surface area contributed by atoms with Crippen LogP contribution in [-0.2, 0) is 4.74 Å². The van der Waals surface area contributed by atoms with Gasteiger partial charge in [-0.25, -0.2) is 9.97 Å². The third-order valence-corrected chi connectivity index (χ3v) is 2.91. The number of ether oxygens (including phenoxy) is 1. The van der Waals surface area contributed by atoms with Gasteiger partial charge in [-0.05, 0) is 29.0 Å². The van der Waals surface area contributed by atoms with E-state index in [0.29, 0.717) is 0 Å². The van der Waals surface area contributed by atoms with Crippen LogP contribution in [0.4, 0.5) is 5.82 Å². The maximum Gasteiger partial charge on any atom is 0.159 e. The van der Waals surface area contributed by atoms with E-state index in [1.807, 2.05) is 13.2 Å². The molecule has 1 unspecified atom stereocenters. The van der Waals surface area contributed by atoms with E-state index in [4.69, 9.17) is 4.74 Å². The summed E-state index contributed by atoms with van der Waals surface area (Å²) in [5.41, 5.74) is 0. The first-order valence-electron chi connectivity index (χ1n) is 4.95. The lowest BCUT2D eigenvalue weighted by molar-refractivity contribution is 0.0877. The summed E-state index contributed by atoms with van der Waals surface area (Å²) >= 11 is 2.21. The van der Waals surface area contributed by atoms with Crippen LogP contribution in [-0.4, -0.2) is 24.1 Å². The molecule has 1 heterocycles. The molecular weight excluding hydrogens is 305 g/mol. The fourth-order valence-corrected chi connectivity index (χ4v) is 1.86. The molecule has 0 amide bonds. The van der Waals surface area contributed by atoms with E-state index < -0.39 is 0 Å². The molecule has 0 aliphatic heterocycles. The van der Waals surface area contributed by atoms with Gasteiger partial charge in [0.15, 0.2) is 5.82 Å². The van der Waals surface area contributed by atoms with Crippen LogP contribution in [0.2, 0.25) is 0 Å². The van der Waals surface area contributed by atoms with Crippen molar-refractivity contribution in [3.63, 3.8) is 0 Å². The third kappa shape index (κ3) is 3.27. The summed E-state index contributed by atoms with van der Waals surface area (Å²) in [5, 5.41) is 3.04. The molecule has 84 valence electrons. The van der Waals surface area contributed by atoms with Gasteiger partial charge in [0.05, 0.1) is 3.57 Å². The number of methoxy groups -OCH3 is 1. The first-order chi connectivity index (χ1) is 7.22. The van der Waals surface area contributed by atoms with E-state index in [1.165, 1.54) is 0 Å². The van der Waals surface area contributed by atoms with Crippen molar-refractivity contribution in [2.75, 3.05) is 19.5 Å². The Hall–Kier alpha value is -0.430. The van der Waals surface area contributed by atoms with Crippen molar-refractivity contribution in [3.8, 4) is 0 Å². The third-order valence-electron chi connectivity index (χ3n) is 2.12. The van der Waals surface area contributed by atoms with Crippen LogP contribution in [0.25, 0.3) is 0 Å². The highest BCUT2D eigenvalue weighted by atomic mass is 127. The fourth-order valence-electron chi connectivity index (χ4n) is 1.33. The van der Waals surface area contributed by atoms with Gasteiger partial charge < -0.3 is 10.1 Å². The molecule has 0 radical (unpaired) electrons. The van der Waals surface area contributed by atoms with Crippen molar-refractivity contribution in [3.05, 3.63) is 15.6 Å².